The second-order valence-electron chi connectivity index (χ2n) is 1.61. The summed E-state index contributed by atoms with van der Waals surface area (Å²) in [4.78, 5) is 0. The highest BCUT2D eigenvalue weighted by Crippen LogP contribution is 2.00. The summed E-state index contributed by atoms with van der Waals surface area (Å²) in [6.07, 6.45) is 1.05. The summed E-state index contributed by atoms with van der Waals surface area (Å²) in [5.74, 6) is 0. The summed E-state index contributed by atoms with van der Waals surface area (Å²) in [5.41, 5.74) is 0. The van der Waals surface area contributed by atoms with E-state index in [4.69, 9.17) is 12.7 Å². The molecule has 0 unspecified atom stereocenters. The van der Waals surface area contributed by atoms with Gasteiger partial charge < -0.3 is 12.7 Å². The number of rotatable bonds is 3. The van der Waals surface area contributed by atoms with Gasteiger partial charge in [-0.3, -0.25) is 0 Å². The first kappa shape index (κ1) is 6.43. The van der Waals surface area contributed by atoms with Gasteiger partial charge in [-0.25, -0.2) is 0 Å². The van der Waals surface area contributed by atoms with Crippen LogP contribution in [-0.2, 0) is 12.7 Å². The molecular formula is C3H10O3Si2. The van der Waals surface area contributed by atoms with Crippen molar-refractivity contribution in [3.05, 3.63) is 0 Å². The maximum absolute atomic E-state index is 5.16. The smallest absolute Gasteiger partial charge is 0.401 e. The molecule has 0 amide bonds. The molecule has 5 heteroatoms. The molecule has 0 atom stereocenters. The van der Waals surface area contributed by atoms with Crippen molar-refractivity contribution in [2.24, 2.45) is 0 Å². The number of hydrogen-bond acceptors (Lipinski definition) is 3. The van der Waals surface area contributed by atoms with Crippen LogP contribution < -0.4 is 0 Å². The minimum Gasteiger partial charge on any atom is -0.401 e. The van der Waals surface area contributed by atoms with E-state index in [1.807, 2.05) is 0 Å². The predicted molar refractivity (Wildman–Crippen MR) is 34.1 cm³/mol. The minimum atomic E-state index is -1.46. The molecule has 1 heterocycles. The summed E-state index contributed by atoms with van der Waals surface area (Å²) < 4.78 is 15.3. The fourth-order valence-electron chi connectivity index (χ4n) is 0.434. The summed E-state index contributed by atoms with van der Waals surface area (Å²) in [7, 11) is -1.99. The zero-order valence-electron chi connectivity index (χ0n) is 4.92. The van der Waals surface area contributed by atoms with E-state index in [-0.39, 0.29) is 0 Å². The standard InChI is InChI=1S/C3H10O3Si2/c1-2-3-4-8-5-7-6-8/h8H,2-3,7H2,1H3. The SMILES string of the molecule is CCCO[SiH]1O[SiH2]O1. The summed E-state index contributed by atoms with van der Waals surface area (Å²) in [6.45, 7) is 2.87. The van der Waals surface area contributed by atoms with Crippen LogP contribution in [0, 0.1) is 0 Å². The molecule has 1 rings (SSSR count). The van der Waals surface area contributed by atoms with Crippen molar-refractivity contribution in [2.75, 3.05) is 6.61 Å². The quantitative estimate of drug-likeness (QED) is 0.492. The molecule has 1 fully saturated rings. The molecule has 0 saturated carbocycles. The van der Waals surface area contributed by atoms with Crippen molar-refractivity contribution >= 4 is 19.5 Å². The van der Waals surface area contributed by atoms with Gasteiger partial charge in [0.25, 0.3) is 10.0 Å². The molecule has 0 N–H and O–H groups in total. The van der Waals surface area contributed by atoms with Gasteiger partial charge in [0.1, 0.15) is 0 Å². The first-order chi connectivity index (χ1) is 3.93. The highest BCUT2D eigenvalue weighted by Gasteiger charge is 2.23. The van der Waals surface area contributed by atoms with Crippen LogP contribution in [0.3, 0.4) is 0 Å². The van der Waals surface area contributed by atoms with Crippen LogP contribution in [0.4, 0.5) is 0 Å². The van der Waals surface area contributed by atoms with Crippen molar-refractivity contribution in [1.29, 1.82) is 0 Å². The van der Waals surface area contributed by atoms with Gasteiger partial charge in [-0.2, -0.15) is 0 Å². The van der Waals surface area contributed by atoms with E-state index in [1.54, 1.807) is 0 Å². The average Bonchev–Trinajstić information content (AvgIpc) is 1.63. The minimum absolute atomic E-state index is 0.534. The molecule has 0 radical (unpaired) electrons. The Morgan fingerprint density at radius 2 is 2.38 bits per heavy atom. The van der Waals surface area contributed by atoms with Crippen LogP contribution in [0.5, 0.6) is 0 Å². The van der Waals surface area contributed by atoms with Gasteiger partial charge in [0, 0.05) is 6.61 Å². The van der Waals surface area contributed by atoms with Crippen molar-refractivity contribution in [3.63, 3.8) is 0 Å². The Balaban J connectivity index is 1.86. The third-order valence-corrected chi connectivity index (χ3v) is 4.64. The Labute approximate surface area is 53.0 Å². The van der Waals surface area contributed by atoms with Gasteiger partial charge >= 0.3 is 9.53 Å². The molecule has 0 aromatic rings. The largest absolute Gasteiger partial charge is 0.465 e. The Bertz CT molecular complexity index is 65.5. The lowest BCUT2D eigenvalue weighted by Gasteiger charge is -2.24. The van der Waals surface area contributed by atoms with Gasteiger partial charge in [0.2, 0.25) is 0 Å². The highest BCUT2D eigenvalue weighted by atomic mass is 28.5. The normalized spacial score (nSPS) is 30.4. The third kappa shape index (κ3) is 1.68. The lowest BCUT2D eigenvalue weighted by Crippen LogP contribution is -2.41. The zero-order chi connectivity index (χ0) is 5.82. The van der Waals surface area contributed by atoms with Crippen LogP contribution in [-0.4, -0.2) is 26.1 Å². The molecule has 1 aliphatic rings. The van der Waals surface area contributed by atoms with Crippen LogP contribution in [0.25, 0.3) is 0 Å². The Kier molecular flexibility index (Phi) is 2.70. The second-order valence-corrected chi connectivity index (χ2v) is 5.42. The Hall–Kier alpha value is 0.314. The summed E-state index contributed by atoms with van der Waals surface area (Å²) >= 11 is 0. The summed E-state index contributed by atoms with van der Waals surface area (Å²) in [5, 5.41) is 0. The van der Waals surface area contributed by atoms with Gasteiger partial charge in [-0.1, -0.05) is 6.92 Å². The monoisotopic (exact) mass is 150 g/mol. The van der Waals surface area contributed by atoms with E-state index in [0.717, 1.165) is 13.0 Å². The van der Waals surface area contributed by atoms with Gasteiger partial charge in [-0.05, 0) is 6.42 Å². The van der Waals surface area contributed by atoms with E-state index in [9.17, 15) is 0 Å². The van der Waals surface area contributed by atoms with Gasteiger partial charge in [0.15, 0.2) is 0 Å². The lowest BCUT2D eigenvalue weighted by molar-refractivity contribution is 0.148. The van der Waals surface area contributed by atoms with Crippen LogP contribution in [0.2, 0.25) is 0 Å². The molecule has 0 aromatic carbocycles. The molecular weight excluding hydrogens is 140 g/mol. The maximum atomic E-state index is 5.16. The molecule has 0 aromatic heterocycles. The molecule has 0 bridgehead atoms. The van der Waals surface area contributed by atoms with Crippen molar-refractivity contribution < 1.29 is 12.7 Å². The van der Waals surface area contributed by atoms with E-state index in [1.165, 1.54) is 0 Å². The fraction of sp³-hybridized carbons (Fsp3) is 1.00. The van der Waals surface area contributed by atoms with E-state index < -0.39 is 19.5 Å². The predicted octanol–water partition coefficient (Wildman–Crippen LogP) is -0.824. The summed E-state index contributed by atoms with van der Waals surface area (Å²) in [6, 6.07) is 0. The van der Waals surface area contributed by atoms with Crippen molar-refractivity contribution in [2.45, 2.75) is 13.3 Å². The van der Waals surface area contributed by atoms with Crippen LogP contribution in [0.1, 0.15) is 13.3 Å². The van der Waals surface area contributed by atoms with E-state index in [2.05, 4.69) is 6.92 Å². The van der Waals surface area contributed by atoms with Gasteiger partial charge in [-0.15, -0.1) is 0 Å². The fourth-order valence-corrected chi connectivity index (χ4v) is 2.62. The van der Waals surface area contributed by atoms with E-state index >= 15 is 0 Å². The van der Waals surface area contributed by atoms with E-state index in [0.29, 0.717) is 0 Å². The van der Waals surface area contributed by atoms with Crippen molar-refractivity contribution in [1.82, 2.24) is 0 Å². The average molecular weight is 150 g/mol. The first-order valence-electron chi connectivity index (χ1n) is 2.78. The molecule has 1 saturated heterocycles. The molecule has 3 nitrogen and oxygen atoms in total. The van der Waals surface area contributed by atoms with Crippen LogP contribution in [0.15, 0.2) is 0 Å². The molecule has 8 heavy (non-hydrogen) atoms. The zero-order valence-corrected chi connectivity index (χ0v) is 7.49. The maximum Gasteiger partial charge on any atom is 0.465 e. The first-order valence-corrected chi connectivity index (χ1v) is 5.35. The number of hydrogen-bond donors (Lipinski definition) is 0. The lowest BCUT2D eigenvalue weighted by atomic mass is 10.5. The van der Waals surface area contributed by atoms with Gasteiger partial charge in [0.05, 0.1) is 0 Å². The molecule has 48 valence electrons. The Morgan fingerprint density at radius 3 is 2.75 bits per heavy atom. The second kappa shape index (κ2) is 3.36. The Morgan fingerprint density at radius 1 is 1.62 bits per heavy atom. The highest BCUT2D eigenvalue weighted by molar-refractivity contribution is 6.59. The molecule has 1 aliphatic heterocycles. The van der Waals surface area contributed by atoms with Crippen LogP contribution >= 0.6 is 0 Å². The molecule has 0 aliphatic carbocycles. The third-order valence-electron chi connectivity index (χ3n) is 0.866. The molecule has 0 spiro atoms. The van der Waals surface area contributed by atoms with Crippen molar-refractivity contribution in [3.8, 4) is 0 Å². The topological polar surface area (TPSA) is 27.7 Å².